The van der Waals surface area contributed by atoms with E-state index in [4.69, 9.17) is 0 Å². The first-order chi connectivity index (χ1) is 8.06. The highest BCUT2D eigenvalue weighted by Crippen LogP contribution is 2.36. The first-order valence-corrected chi connectivity index (χ1v) is 6.29. The van der Waals surface area contributed by atoms with Gasteiger partial charge in [-0.2, -0.15) is 5.06 Å². The van der Waals surface area contributed by atoms with Gasteiger partial charge in [0.05, 0.1) is 0 Å². The maximum atomic E-state index is 9.68. The minimum atomic E-state index is 0.299. The molecule has 94 valence electrons. The second kappa shape index (κ2) is 5.07. The van der Waals surface area contributed by atoms with E-state index in [1.807, 2.05) is 12.1 Å². The van der Waals surface area contributed by atoms with Gasteiger partial charge in [0, 0.05) is 19.0 Å². The van der Waals surface area contributed by atoms with Gasteiger partial charge in [-0.25, -0.2) is 0 Å². The first kappa shape index (κ1) is 12.4. The number of phenols is 1. The molecule has 0 aromatic heterocycles. The topological polar surface area (TPSA) is 43.7 Å². The summed E-state index contributed by atoms with van der Waals surface area (Å²) < 4.78 is 0. The Morgan fingerprint density at radius 3 is 2.47 bits per heavy atom. The lowest BCUT2D eigenvalue weighted by Gasteiger charge is -2.20. The molecule has 0 bridgehead atoms. The summed E-state index contributed by atoms with van der Waals surface area (Å²) >= 11 is 0. The highest BCUT2D eigenvalue weighted by molar-refractivity contribution is 5.29. The van der Waals surface area contributed by atoms with Crippen LogP contribution < -0.4 is 0 Å². The Balaban J connectivity index is 2.14. The molecule has 0 unspecified atom stereocenters. The fraction of sp³-hybridized carbons (Fsp3) is 0.571. The van der Waals surface area contributed by atoms with Crippen LogP contribution in [0.3, 0.4) is 0 Å². The van der Waals surface area contributed by atoms with E-state index in [2.05, 4.69) is 13.8 Å². The molecule has 0 saturated carbocycles. The van der Waals surface area contributed by atoms with Gasteiger partial charge in [-0.3, -0.25) is 0 Å². The van der Waals surface area contributed by atoms with Gasteiger partial charge < -0.3 is 10.3 Å². The van der Waals surface area contributed by atoms with Gasteiger partial charge in [-0.05, 0) is 36.0 Å². The van der Waals surface area contributed by atoms with Crippen molar-refractivity contribution >= 4 is 0 Å². The van der Waals surface area contributed by atoms with Crippen molar-refractivity contribution in [2.24, 2.45) is 11.8 Å². The number of rotatable bonds is 3. The van der Waals surface area contributed by atoms with E-state index in [1.54, 1.807) is 12.1 Å². The fourth-order valence-corrected chi connectivity index (χ4v) is 2.79. The Morgan fingerprint density at radius 1 is 1.24 bits per heavy atom. The smallest absolute Gasteiger partial charge is 0.115 e. The number of nitrogens with zero attached hydrogens (tertiary/aromatic N) is 1. The Labute approximate surface area is 103 Å². The fourth-order valence-electron chi connectivity index (χ4n) is 2.79. The van der Waals surface area contributed by atoms with Crippen molar-refractivity contribution < 1.29 is 10.3 Å². The molecule has 2 atom stereocenters. The third-order valence-corrected chi connectivity index (χ3v) is 3.52. The van der Waals surface area contributed by atoms with Crippen LogP contribution in [0.1, 0.15) is 31.7 Å². The summed E-state index contributed by atoms with van der Waals surface area (Å²) in [4.78, 5) is 0. The van der Waals surface area contributed by atoms with Crippen molar-refractivity contribution in [1.82, 2.24) is 5.06 Å². The van der Waals surface area contributed by atoms with Gasteiger partial charge in [-0.15, -0.1) is 0 Å². The molecule has 1 fully saturated rings. The predicted octanol–water partition coefficient (Wildman–Crippen LogP) is 2.84. The number of hydrogen-bond donors (Lipinski definition) is 2. The number of benzene rings is 1. The molecule has 3 nitrogen and oxygen atoms in total. The van der Waals surface area contributed by atoms with E-state index < -0.39 is 0 Å². The molecule has 1 aliphatic rings. The van der Waals surface area contributed by atoms with Gasteiger partial charge in [-0.1, -0.05) is 26.0 Å². The minimum absolute atomic E-state index is 0.299. The molecule has 17 heavy (non-hydrogen) atoms. The molecule has 1 aromatic rings. The zero-order chi connectivity index (χ0) is 12.4. The molecule has 1 saturated heterocycles. The van der Waals surface area contributed by atoms with Crippen LogP contribution in [0.5, 0.6) is 5.75 Å². The highest BCUT2D eigenvalue weighted by atomic mass is 16.5. The highest BCUT2D eigenvalue weighted by Gasteiger charge is 2.33. The lowest BCUT2D eigenvalue weighted by atomic mass is 9.84. The number of hydroxylamine groups is 2. The average Bonchev–Trinajstić information content (AvgIpc) is 2.59. The number of phenolic OH excluding ortho intramolecular Hbond substituents is 1. The summed E-state index contributed by atoms with van der Waals surface area (Å²) in [6.07, 6.45) is 1.13. The number of aromatic hydroxyl groups is 1. The van der Waals surface area contributed by atoms with Crippen LogP contribution in [-0.2, 0) is 0 Å². The van der Waals surface area contributed by atoms with Crippen LogP contribution in [0.15, 0.2) is 24.3 Å². The zero-order valence-corrected chi connectivity index (χ0v) is 10.5. The SMILES string of the molecule is CC(C)C[C@@H]1CN(O)C[C@H]1c1ccc(O)cc1. The summed E-state index contributed by atoms with van der Waals surface area (Å²) in [6, 6.07) is 7.38. The molecule has 1 heterocycles. The molecule has 2 N–H and O–H groups in total. The molecular weight excluding hydrogens is 214 g/mol. The average molecular weight is 235 g/mol. The van der Waals surface area contributed by atoms with E-state index in [1.165, 1.54) is 10.6 Å². The summed E-state index contributed by atoms with van der Waals surface area (Å²) in [6.45, 7) is 5.88. The van der Waals surface area contributed by atoms with Gasteiger partial charge in [0.1, 0.15) is 5.75 Å². The van der Waals surface area contributed by atoms with Crippen molar-refractivity contribution in [3.63, 3.8) is 0 Å². The van der Waals surface area contributed by atoms with Gasteiger partial charge in [0.15, 0.2) is 0 Å². The lowest BCUT2D eigenvalue weighted by molar-refractivity contribution is -0.0725. The maximum absolute atomic E-state index is 9.68. The minimum Gasteiger partial charge on any atom is -0.508 e. The van der Waals surface area contributed by atoms with Crippen LogP contribution in [0.25, 0.3) is 0 Å². The van der Waals surface area contributed by atoms with Crippen LogP contribution in [0, 0.1) is 11.8 Å². The molecular formula is C14H21NO2. The Kier molecular flexibility index (Phi) is 3.69. The molecule has 2 rings (SSSR count). The van der Waals surface area contributed by atoms with E-state index in [0.29, 0.717) is 30.0 Å². The monoisotopic (exact) mass is 235 g/mol. The Morgan fingerprint density at radius 2 is 1.88 bits per heavy atom. The van der Waals surface area contributed by atoms with Crippen molar-refractivity contribution in [2.45, 2.75) is 26.2 Å². The van der Waals surface area contributed by atoms with Crippen molar-refractivity contribution in [3.8, 4) is 5.75 Å². The maximum Gasteiger partial charge on any atom is 0.115 e. The van der Waals surface area contributed by atoms with E-state index in [9.17, 15) is 10.3 Å². The van der Waals surface area contributed by atoms with Crippen LogP contribution in [-0.4, -0.2) is 28.5 Å². The van der Waals surface area contributed by atoms with E-state index in [-0.39, 0.29) is 0 Å². The summed E-state index contributed by atoms with van der Waals surface area (Å²) in [5, 5.41) is 20.4. The molecule has 0 radical (unpaired) electrons. The van der Waals surface area contributed by atoms with E-state index in [0.717, 1.165) is 13.0 Å². The van der Waals surface area contributed by atoms with Crippen molar-refractivity contribution in [2.75, 3.05) is 13.1 Å². The first-order valence-electron chi connectivity index (χ1n) is 6.29. The lowest BCUT2D eigenvalue weighted by Crippen LogP contribution is -2.15. The Bertz CT molecular complexity index is 361. The normalized spacial score (nSPS) is 25.6. The third kappa shape index (κ3) is 2.99. The van der Waals surface area contributed by atoms with Gasteiger partial charge in [0.2, 0.25) is 0 Å². The largest absolute Gasteiger partial charge is 0.508 e. The second-order valence-electron chi connectivity index (χ2n) is 5.46. The zero-order valence-electron chi connectivity index (χ0n) is 10.5. The quantitative estimate of drug-likeness (QED) is 0.846. The second-order valence-corrected chi connectivity index (χ2v) is 5.46. The van der Waals surface area contributed by atoms with Crippen LogP contribution in [0.2, 0.25) is 0 Å². The van der Waals surface area contributed by atoms with E-state index >= 15 is 0 Å². The molecule has 3 heteroatoms. The van der Waals surface area contributed by atoms with Crippen LogP contribution >= 0.6 is 0 Å². The molecule has 0 spiro atoms. The van der Waals surface area contributed by atoms with Crippen LogP contribution in [0.4, 0.5) is 0 Å². The standard InChI is InChI=1S/C14H21NO2/c1-10(2)7-12-8-15(17)9-14(12)11-3-5-13(16)6-4-11/h3-6,10,12,14,16-17H,7-9H2,1-2H3/t12-,14+/m1/s1. The predicted molar refractivity (Wildman–Crippen MR) is 67.2 cm³/mol. The third-order valence-electron chi connectivity index (χ3n) is 3.52. The molecule has 0 amide bonds. The van der Waals surface area contributed by atoms with Gasteiger partial charge in [0.25, 0.3) is 0 Å². The number of hydrogen-bond acceptors (Lipinski definition) is 3. The molecule has 1 aromatic carbocycles. The summed E-state index contributed by atoms with van der Waals surface area (Å²) in [5.74, 6) is 1.83. The summed E-state index contributed by atoms with van der Waals surface area (Å²) in [5.41, 5.74) is 1.21. The van der Waals surface area contributed by atoms with Crippen molar-refractivity contribution in [3.05, 3.63) is 29.8 Å². The summed E-state index contributed by atoms with van der Waals surface area (Å²) in [7, 11) is 0. The van der Waals surface area contributed by atoms with Crippen molar-refractivity contribution in [1.29, 1.82) is 0 Å². The Hall–Kier alpha value is -1.06. The molecule has 0 aliphatic carbocycles. The van der Waals surface area contributed by atoms with Gasteiger partial charge >= 0.3 is 0 Å². The molecule has 1 aliphatic heterocycles.